The maximum atomic E-state index is 13.8. The molecule has 0 atom stereocenters. The Labute approximate surface area is 148 Å². The third kappa shape index (κ3) is 3.06. The molecule has 126 valence electrons. The molecule has 2 heterocycles. The van der Waals surface area contributed by atoms with E-state index in [2.05, 4.69) is 40.8 Å². The van der Waals surface area contributed by atoms with Crippen LogP contribution < -0.4 is 0 Å². The van der Waals surface area contributed by atoms with Gasteiger partial charge in [0.15, 0.2) is 0 Å². The van der Waals surface area contributed by atoms with Crippen molar-refractivity contribution in [3.8, 4) is 0 Å². The predicted molar refractivity (Wildman–Crippen MR) is 99.3 cm³/mol. The SMILES string of the molecule is CN1CCCc2c(c3cc(F)ccc3n2Cc2ccccc2)C1.Cl. The topological polar surface area (TPSA) is 8.17 Å². The zero-order chi connectivity index (χ0) is 15.8. The molecule has 0 radical (unpaired) electrons. The van der Waals surface area contributed by atoms with Gasteiger partial charge in [-0.3, -0.25) is 0 Å². The summed E-state index contributed by atoms with van der Waals surface area (Å²) >= 11 is 0. The maximum Gasteiger partial charge on any atom is 0.123 e. The lowest BCUT2D eigenvalue weighted by Gasteiger charge is -2.12. The highest BCUT2D eigenvalue weighted by Crippen LogP contribution is 2.31. The van der Waals surface area contributed by atoms with Crippen molar-refractivity contribution in [1.29, 1.82) is 0 Å². The van der Waals surface area contributed by atoms with Gasteiger partial charge in [-0.15, -0.1) is 12.4 Å². The Balaban J connectivity index is 0.00000169. The highest BCUT2D eigenvalue weighted by Gasteiger charge is 2.21. The Bertz CT molecular complexity index is 842. The highest BCUT2D eigenvalue weighted by atomic mass is 35.5. The molecule has 0 saturated carbocycles. The second kappa shape index (κ2) is 6.96. The van der Waals surface area contributed by atoms with Crippen LogP contribution in [0.1, 0.15) is 23.2 Å². The van der Waals surface area contributed by atoms with Crippen molar-refractivity contribution >= 4 is 23.3 Å². The van der Waals surface area contributed by atoms with Gasteiger partial charge in [0, 0.05) is 29.7 Å². The van der Waals surface area contributed by atoms with Crippen LogP contribution in [0.25, 0.3) is 10.9 Å². The fourth-order valence-corrected chi connectivity index (χ4v) is 3.72. The third-order valence-corrected chi connectivity index (χ3v) is 4.81. The molecular formula is C20H22ClFN2. The number of benzene rings is 2. The summed E-state index contributed by atoms with van der Waals surface area (Å²) in [6, 6.07) is 15.7. The zero-order valence-corrected chi connectivity index (χ0v) is 14.7. The molecule has 1 aliphatic rings. The average Bonchev–Trinajstić information content (AvgIpc) is 2.70. The minimum atomic E-state index is -0.149. The smallest absolute Gasteiger partial charge is 0.123 e. The minimum absolute atomic E-state index is 0. The molecule has 0 spiro atoms. The van der Waals surface area contributed by atoms with Crippen LogP contribution in [0, 0.1) is 5.82 Å². The molecule has 24 heavy (non-hydrogen) atoms. The van der Waals surface area contributed by atoms with Gasteiger partial charge in [-0.2, -0.15) is 0 Å². The van der Waals surface area contributed by atoms with Crippen LogP contribution in [0.3, 0.4) is 0 Å². The maximum absolute atomic E-state index is 13.8. The van der Waals surface area contributed by atoms with Crippen LogP contribution in [-0.4, -0.2) is 23.1 Å². The summed E-state index contributed by atoms with van der Waals surface area (Å²) in [5, 5.41) is 1.07. The molecule has 0 fully saturated rings. The number of halogens is 2. The molecule has 2 aromatic carbocycles. The van der Waals surface area contributed by atoms with Crippen molar-refractivity contribution in [3.63, 3.8) is 0 Å². The molecule has 0 bridgehead atoms. The van der Waals surface area contributed by atoms with E-state index < -0.39 is 0 Å². The fraction of sp³-hybridized carbons (Fsp3) is 0.300. The molecule has 0 aliphatic carbocycles. The van der Waals surface area contributed by atoms with Crippen molar-refractivity contribution < 1.29 is 4.39 Å². The first kappa shape index (κ1) is 17.0. The predicted octanol–water partition coefficient (Wildman–Crippen LogP) is 4.63. The van der Waals surface area contributed by atoms with Gasteiger partial charge in [-0.1, -0.05) is 30.3 Å². The summed E-state index contributed by atoms with van der Waals surface area (Å²) in [5.41, 5.74) is 5.11. The summed E-state index contributed by atoms with van der Waals surface area (Å²) in [7, 11) is 2.15. The summed E-state index contributed by atoms with van der Waals surface area (Å²) in [6.45, 7) is 2.84. The molecule has 1 aromatic heterocycles. The number of hydrogen-bond donors (Lipinski definition) is 0. The van der Waals surface area contributed by atoms with Crippen LogP contribution in [0.5, 0.6) is 0 Å². The van der Waals surface area contributed by atoms with Gasteiger partial charge in [-0.05, 0) is 55.8 Å². The monoisotopic (exact) mass is 344 g/mol. The Morgan fingerprint density at radius 1 is 1.08 bits per heavy atom. The lowest BCUT2D eigenvalue weighted by molar-refractivity contribution is 0.333. The first-order chi connectivity index (χ1) is 11.2. The lowest BCUT2D eigenvalue weighted by Crippen LogP contribution is -2.17. The van der Waals surface area contributed by atoms with Crippen molar-refractivity contribution in [2.24, 2.45) is 0 Å². The summed E-state index contributed by atoms with van der Waals surface area (Å²) in [5.74, 6) is -0.149. The van der Waals surface area contributed by atoms with Crippen molar-refractivity contribution in [3.05, 3.63) is 71.2 Å². The number of nitrogens with zero attached hydrogens (tertiary/aromatic N) is 2. The van der Waals surface area contributed by atoms with Gasteiger partial charge >= 0.3 is 0 Å². The molecule has 2 nitrogen and oxygen atoms in total. The van der Waals surface area contributed by atoms with E-state index in [0.717, 1.165) is 43.4 Å². The van der Waals surface area contributed by atoms with E-state index in [-0.39, 0.29) is 18.2 Å². The molecular weight excluding hydrogens is 323 g/mol. The van der Waals surface area contributed by atoms with Gasteiger partial charge in [-0.25, -0.2) is 4.39 Å². The largest absolute Gasteiger partial charge is 0.340 e. The molecule has 0 unspecified atom stereocenters. The van der Waals surface area contributed by atoms with E-state index in [1.165, 1.54) is 16.8 Å². The van der Waals surface area contributed by atoms with Gasteiger partial charge in [0.05, 0.1) is 0 Å². The lowest BCUT2D eigenvalue weighted by atomic mass is 10.1. The molecule has 0 amide bonds. The first-order valence-electron chi connectivity index (χ1n) is 8.24. The van der Waals surface area contributed by atoms with Gasteiger partial charge in [0.1, 0.15) is 5.82 Å². The van der Waals surface area contributed by atoms with E-state index >= 15 is 0 Å². The number of fused-ring (bicyclic) bond motifs is 3. The van der Waals surface area contributed by atoms with Gasteiger partial charge in [0.2, 0.25) is 0 Å². The fourth-order valence-electron chi connectivity index (χ4n) is 3.72. The summed E-state index contributed by atoms with van der Waals surface area (Å²) < 4.78 is 16.2. The van der Waals surface area contributed by atoms with Gasteiger partial charge < -0.3 is 9.47 Å². The standard InChI is InChI=1S/C20H21FN2.ClH/c1-22-11-5-8-19-18(14-22)17-12-16(21)9-10-20(17)23(19)13-15-6-3-2-4-7-15;/h2-4,6-7,9-10,12H,5,8,11,13-14H2,1H3;1H. The van der Waals surface area contributed by atoms with Crippen molar-refractivity contribution in [1.82, 2.24) is 9.47 Å². The van der Waals surface area contributed by atoms with Gasteiger partial charge in [0.25, 0.3) is 0 Å². The summed E-state index contributed by atoms with van der Waals surface area (Å²) in [6.07, 6.45) is 2.21. The second-order valence-electron chi connectivity index (χ2n) is 6.50. The molecule has 0 saturated heterocycles. The number of rotatable bonds is 2. The van der Waals surface area contributed by atoms with E-state index in [9.17, 15) is 4.39 Å². The Morgan fingerprint density at radius 2 is 1.88 bits per heavy atom. The van der Waals surface area contributed by atoms with E-state index in [4.69, 9.17) is 0 Å². The Morgan fingerprint density at radius 3 is 2.67 bits per heavy atom. The van der Waals surface area contributed by atoms with Crippen LogP contribution in [0.15, 0.2) is 48.5 Å². The van der Waals surface area contributed by atoms with Crippen LogP contribution in [0.4, 0.5) is 4.39 Å². The highest BCUT2D eigenvalue weighted by molar-refractivity contribution is 5.86. The van der Waals surface area contributed by atoms with Crippen molar-refractivity contribution in [2.75, 3.05) is 13.6 Å². The van der Waals surface area contributed by atoms with Crippen LogP contribution in [-0.2, 0) is 19.5 Å². The van der Waals surface area contributed by atoms with E-state index in [1.807, 2.05) is 12.1 Å². The first-order valence-corrected chi connectivity index (χ1v) is 8.24. The molecule has 1 aliphatic heterocycles. The normalized spacial score (nSPS) is 14.9. The van der Waals surface area contributed by atoms with E-state index in [1.54, 1.807) is 12.1 Å². The number of aromatic nitrogens is 1. The van der Waals surface area contributed by atoms with Crippen molar-refractivity contribution in [2.45, 2.75) is 25.9 Å². The average molecular weight is 345 g/mol. The quantitative estimate of drug-likeness (QED) is 0.658. The molecule has 0 N–H and O–H groups in total. The minimum Gasteiger partial charge on any atom is -0.340 e. The number of hydrogen-bond acceptors (Lipinski definition) is 1. The second-order valence-corrected chi connectivity index (χ2v) is 6.50. The Kier molecular flexibility index (Phi) is 4.93. The molecule has 4 rings (SSSR count). The molecule has 3 aromatic rings. The Hall–Kier alpha value is -1.84. The van der Waals surface area contributed by atoms with E-state index in [0.29, 0.717) is 0 Å². The van der Waals surface area contributed by atoms with Crippen LogP contribution in [0.2, 0.25) is 0 Å². The van der Waals surface area contributed by atoms with Crippen LogP contribution >= 0.6 is 12.4 Å². The zero-order valence-electron chi connectivity index (χ0n) is 13.8. The summed E-state index contributed by atoms with van der Waals surface area (Å²) in [4.78, 5) is 2.34. The molecule has 4 heteroatoms. The third-order valence-electron chi connectivity index (χ3n) is 4.81.